The first-order valence-electron chi connectivity index (χ1n) is 5.31. The number of aliphatic hydroxyl groups is 2. The van der Waals surface area contributed by atoms with E-state index in [0.717, 1.165) is 11.3 Å². The number of nitrogens with zero attached hydrogens (tertiary/aromatic N) is 1. The zero-order valence-electron chi connectivity index (χ0n) is 9.77. The van der Waals surface area contributed by atoms with Crippen molar-refractivity contribution >= 4 is 11.4 Å². The largest absolute Gasteiger partial charge is 0.398 e. The van der Waals surface area contributed by atoms with Crippen LogP contribution in [0.5, 0.6) is 0 Å². The summed E-state index contributed by atoms with van der Waals surface area (Å²) >= 11 is 0. The smallest absolute Gasteiger partial charge is 0.102 e. The first kappa shape index (κ1) is 13.3. The molecule has 0 aliphatic carbocycles. The molecule has 5 N–H and O–H groups in total. The number of hydrogen-bond acceptors (Lipinski definition) is 5. The number of nitrogens with one attached hydrogen (secondary N) is 1. The van der Waals surface area contributed by atoms with Crippen LogP contribution >= 0.6 is 0 Å². The van der Waals surface area contributed by atoms with Gasteiger partial charge in [0.1, 0.15) is 5.60 Å². The van der Waals surface area contributed by atoms with E-state index in [2.05, 4.69) is 5.32 Å². The van der Waals surface area contributed by atoms with Crippen LogP contribution in [0.2, 0.25) is 0 Å². The average molecular weight is 235 g/mol. The highest BCUT2D eigenvalue weighted by molar-refractivity contribution is 5.58. The Hall–Kier alpha value is -1.77. The van der Waals surface area contributed by atoms with Crippen LogP contribution in [-0.2, 0) is 6.42 Å². The fraction of sp³-hybridized carbons (Fsp3) is 0.417. The van der Waals surface area contributed by atoms with Crippen molar-refractivity contribution in [2.75, 3.05) is 24.2 Å². The van der Waals surface area contributed by atoms with Gasteiger partial charge in [0.2, 0.25) is 0 Å². The van der Waals surface area contributed by atoms with Gasteiger partial charge in [-0.3, -0.25) is 0 Å². The number of rotatable bonds is 5. The number of hydrogen-bond donors (Lipinski definition) is 4. The highest BCUT2D eigenvalue weighted by Gasteiger charge is 2.18. The Balaban J connectivity index is 2.73. The Morgan fingerprint density at radius 1 is 1.53 bits per heavy atom. The van der Waals surface area contributed by atoms with Gasteiger partial charge in [0.15, 0.2) is 0 Å². The summed E-state index contributed by atoms with van der Waals surface area (Å²) in [7, 11) is 0. The van der Waals surface area contributed by atoms with Crippen molar-refractivity contribution < 1.29 is 10.2 Å². The summed E-state index contributed by atoms with van der Waals surface area (Å²) in [5, 5.41) is 30.1. The molecule has 1 rings (SSSR count). The van der Waals surface area contributed by atoms with E-state index in [1.165, 1.54) is 6.92 Å². The average Bonchev–Trinajstić information content (AvgIpc) is 2.31. The lowest BCUT2D eigenvalue weighted by atomic mass is 10.1. The van der Waals surface area contributed by atoms with Crippen molar-refractivity contribution in [2.45, 2.75) is 18.9 Å². The van der Waals surface area contributed by atoms with Gasteiger partial charge in [-0.25, -0.2) is 0 Å². The van der Waals surface area contributed by atoms with Crippen LogP contribution in [0.3, 0.4) is 0 Å². The van der Waals surface area contributed by atoms with Gasteiger partial charge >= 0.3 is 0 Å². The molecule has 1 aromatic carbocycles. The molecule has 0 amide bonds. The molecule has 0 spiro atoms. The summed E-state index contributed by atoms with van der Waals surface area (Å²) in [5.41, 5.74) is 6.63. The van der Waals surface area contributed by atoms with Crippen molar-refractivity contribution in [1.29, 1.82) is 5.26 Å². The van der Waals surface area contributed by atoms with E-state index in [0.29, 0.717) is 5.69 Å². The molecule has 0 saturated heterocycles. The van der Waals surface area contributed by atoms with Crippen LogP contribution in [0.4, 0.5) is 11.4 Å². The maximum atomic E-state index is 9.62. The molecule has 0 bridgehead atoms. The van der Waals surface area contributed by atoms with Gasteiger partial charge in [-0.05, 0) is 30.7 Å². The quantitative estimate of drug-likeness (QED) is 0.556. The number of nitrogen functional groups attached to an aromatic ring is 1. The van der Waals surface area contributed by atoms with E-state index in [1.807, 2.05) is 6.07 Å². The minimum atomic E-state index is -1.17. The molecule has 5 nitrogen and oxygen atoms in total. The molecule has 92 valence electrons. The van der Waals surface area contributed by atoms with Crippen molar-refractivity contribution in [3.05, 3.63) is 23.8 Å². The van der Waals surface area contributed by atoms with Gasteiger partial charge in [-0.2, -0.15) is 5.26 Å². The van der Waals surface area contributed by atoms with Gasteiger partial charge in [-0.1, -0.05) is 0 Å². The van der Waals surface area contributed by atoms with Crippen molar-refractivity contribution in [3.63, 3.8) is 0 Å². The summed E-state index contributed by atoms with van der Waals surface area (Å²) in [6.45, 7) is 1.44. The molecule has 1 atom stereocenters. The molecule has 0 aliphatic heterocycles. The number of benzene rings is 1. The van der Waals surface area contributed by atoms with E-state index in [1.54, 1.807) is 18.2 Å². The second kappa shape index (κ2) is 5.53. The van der Waals surface area contributed by atoms with Crippen LogP contribution < -0.4 is 11.1 Å². The Kier molecular flexibility index (Phi) is 4.32. The lowest BCUT2D eigenvalue weighted by molar-refractivity contribution is 0.0132. The van der Waals surface area contributed by atoms with E-state index < -0.39 is 5.60 Å². The summed E-state index contributed by atoms with van der Waals surface area (Å²) in [6.07, 6.45) is 0.248. The second-order valence-corrected chi connectivity index (χ2v) is 4.26. The minimum absolute atomic E-state index is 0.222. The van der Waals surface area contributed by atoms with Crippen LogP contribution in [0.1, 0.15) is 12.5 Å². The van der Waals surface area contributed by atoms with Crippen LogP contribution in [0.25, 0.3) is 0 Å². The lowest BCUT2D eigenvalue weighted by Gasteiger charge is -2.21. The first-order valence-corrected chi connectivity index (χ1v) is 5.31. The Morgan fingerprint density at radius 2 is 2.24 bits per heavy atom. The first-order chi connectivity index (χ1) is 7.98. The van der Waals surface area contributed by atoms with E-state index >= 15 is 0 Å². The minimum Gasteiger partial charge on any atom is -0.398 e. The Bertz CT molecular complexity index is 424. The molecule has 0 radical (unpaired) electrons. The third-order valence-electron chi connectivity index (χ3n) is 2.43. The predicted molar refractivity (Wildman–Crippen MR) is 66.4 cm³/mol. The topological polar surface area (TPSA) is 102 Å². The van der Waals surface area contributed by atoms with Crippen molar-refractivity contribution in [1.82, 2.24) is 0 Å². The van der Waals surface area contributed by atoms with Gasteiger partial charge < -0.3 is 21.3 Å². The Morgan fingerprint density at radius 3 is 2.82 bits per heavy atom. The molecule has 0 aliphatic rings. The summed E-state index contributed by atoms with van der Waals surface area (Å²) in [5.74, 6) is 0. The number of nitriles is 1. The highest BCUT2D eigenvalue weighted by atomic mass is 16.3. The molecule has 5 heteroatoms. The fourth-order valence-electron chi connectivity index (χ4n) is 1.30. The van der Waals surface area contributed by atoms with Gasteiger partial charge in [0.25, 0.3) is 0 Å². The molecule has 1 aromatic rings. The maximum Gasteiger partial charge on any atom is 0.102 e. The number of nitrogens with two attached hydrogens (primary N) is 1. The third kappa shape index (κ3) is 3.94. The maximum absolute atomic E-state index is 9.62. The molecule has 1 unspecified atom stereocenters. The van der Waals surface area contributed by atoms with Crippen LogP contribution in [0, 0.1) is 11.3 Å². The van der Waals surface area contributed by atoms with Gasteiger partial charge in [0, 0.05) is 17.9 Å². The van der Waals surface area contributed by atoms with Crippen LogP contribution in [0.15, 0.2) is 18.2 Å². The summed E-state index contributed by atoms with van der Waals surface area (Å²) in [6, 6.07) is 7.29. The molecular weight excluding hydrogens is 218 g/mol. The van der Waals surface area contributed by atoms with Gasteiger partial charge in [-0.15, -0.1) is 0 Å². The molecule has 0 fully saturated rings. The zero-order chi connectivity index (χ0) is 12.9. The van der Waals surface area contributed by atoms with E-state index in [-0.39, 0.29) is 19.6 Å². The molecule has 0 aromatic heterocycles. The number of anilines is 2. The highest BCUT2D eigenvalue weighted by Crippen LogP contribution is 2.18. The SMILES string of the molecule is CC(O)(CO)CNc1ccc(N)c(CC#N)c1. The third-order valence-corrected chi connectivity index (χ3v) is 2.43. The molecule has 17 heavy (non-hydrogen) atoms. The standard InChI is InChI=1S/C12H17N3O2/c1-12(17,8-16)7-15-10-2-3-11(14)9(6-10)4-5-13/h2-3,6,15-17H,4,7-8,14H2,1H3. The summed E-state index contributed by atoms with van der Waals surface area (Å²) in [4.78, 5) is 0. The molecular formula is C12H17N3O2. The summed E-state index contributed by atoms with van der Waals surface area (Å²) < 4.78 is 0. The molecule has 0 saturated carbocycles. The molecule has 0 heterocycles. The fourth-order valence-corrected chi connectivity index (χ4v) is 1.30. The van der Waals surface area contributed by atoms with Crippen LogP contribution in [-0.4, -0.2) is 29.0 Å². The Labute approximate surface area is 100 Å². The normalized spacial score (nSPS) is 13.8. The zero-order valence-corrected chi connectivity index (χ0v) is 9.77. The monoisotopic (exact) mass is 235 g/mol. The van der Waals surface area contributed by atoms with E-state index in [4.69, 9.17) is 16.1 Å². The van der Waals surface area contributed by atoms with Gasteiger partial charge in [0.05, 0.1) is 19.1 Å². The van der Waals surface area contributed by atoms with Crippen molar-refractivity contribution in [3.8, 4) is 6.07 Å². The predicted octanol–water partition coefficient (Wildman–Crippen LogP) is 0.490. The number of aliphatic hydroxyl groups excluding tert-OH is 1. The van der Waals surface area contributed by atoms with E-state index in [9.17, 15) is 5.11 Å². The van der Waals surface area contributed by atoms with Crippen molar-refractivity contribution in [2.24, 2.45) is 0 Å². The second-order valence-electron chi connectivity index (χ2n) is 4.26. The lowest BCUT2D eigenvalue weighted by Crippen LogP contribution is -2.37.